The third-order valence-corrected chi connectivity index (χ3v) is 4.59. The van der Waals surface area contributed by atoms with Crippen molar-refractivity contribution in [3.63, 3.8) is 0 Å². The Morgan fingerprint density at radius 2 is 2.21 bits per heavy atom. The second-order valence-electron chi connectivity index (χ2n) is 6.36. The zero-order valence-electron chi connectivity index (χ0n) is 12.8. The van der Waals surface area contributed by atoms with Gasteiger partial charge in [-0.15, -0.1) is 18.2 Å². The number of hydrogen-bond donors (Lipinski definition) is 0. The standard InChI is InChI=1S/C16H26ClNO/c1-7-8-13(17)15(19)18(6)14-9-11(2)10-16(4,5)12(14)3/h7,11,13H,1,8-10H2,2-6H3. The summed E-state index contributed by atoms with van der Waals surface area (Å²) >= 11 is 6.12. The van der Waals surface area contributed by atoms with Crippen molar-refractivity contribution in [1.29, 1.82) is 0 Å². The van der Waals surface area contributed by atoms with Crippen LogP contribution in [0.25, 0.3) is 0 Å². The minimum Gasteiger partial charge on any atom is -0.318 e. The summed E-state index contributed by atoms with van der Waals surface area (Å²) in [6.07, 6.45) is 4.32. The molecule has 1 aliphatic rings. The van der Waals surface area contributed by atoms with Gasteiger partial charge >= 0.3 is 0 Å². The first kappa shape index (κ1) is 16.3. The molecular formula is C16H26ClNO. The van der Waals surface area contributed by atoms with Gasteiger partial charge in [0.1, 0.15) is 5.38 Å². The fraction of sp³-hybridized carbons (Fsp3) is 0.688. The molecule has 19 heavy (non-hydrogen) atoms. The summed E-state index contributed by atoms with van der Waals surface area (Å²) in [6.45, 7) is 12.5. The van der Waals surface area contributed by atoms with Crippen molar-refractivity contribution in [2.24, 2.45) is 11.3 Å². The molecule has 0 N–H and O–H groups in total. The number of nitrogens with zero attached hydrogens (tertiary/aromatic N) is 1. The Kier molecular flexibility index (Phi) is 5.26. The SMILES string of the molecule is C=CCC(Cl)C(=O)N(C)C1=C(C)C(C)(C)CC(C)C1. The fourth-order valence-corrected chi connectivity index (χ4v) is 3.22. The van der Waals surface area contributed by atoms with Crippen LogP contribution in [0.5, 0.6) is 0 Å². The number of hydrogen-bond acceptors (Lipinski definition) is 1. The molecule has 0 aliphatic heterocycles. The molecule has 0 heterocycles. The molecule has 0 spiro atoms. The van der Waals surface area contributed by atoms with E-state index >= 15 is 0 Å². The number of halogens is 1. The van der Waals surface area contributed by atoms with Crippen molar-refractivity contribution in [3.05, 3.63) is 23.9 Å². The molecule has 0 fully saturated rings. The van der Waals surface area contributed by atoms with Crippen LogP contribution in [0.15, 0.2) is 23.9 Å². The lowest BCUT2D eigenvalue weighted by molar-refractivity contribution is -0.128. The van der Waals surface area contributed by atoms with Gasteiger partial charge in [0.05, 0.1) is 0 Å². The summed E-state index contributed by atoms with van der Waals surface area (Å²) in [4.78, 5) is 14.1. The Balaban J connectivity index is 3.00. The van der Waals surface area contributed by atoms with Crippen LogP contribution in [0.2, 0.25) is 0 Å². The number of carbonyl (C=O) groups excluding carboxylic acids is 1. The van der Waals surface area contributed by atoms with Crippen molar-refractivity contribution in [3.8, 4) is 0 Å². The summed E-state index contributed by atoms with van der Waals surface area (Å²) in [6, 6.07) is 0. The van der Waals surface area contributed by atoms with E-state index in [1.54, 1.807) is 11.0 Å². The normalized spacial score (nSPS) is 24.0. The van der Waals surface area contributed by atoms with E-state index in [4.69, 9.17) is 11.6 Å². The monoisotopic (exact) mass is 283 g/mol. The lowest BCUT2D eigenvalue weighted by atomic mass is 9.71. The highest BCUT2D eigenvalue weighted by Gasteiger charge is 2.34. The molecule has 1 rings (SSSR count). The van der Waals surface area contributed by atoms with Gasteiger partial charge < -0.3 is 4.90 Å². The molecule has 1 aliphatic carbocycles. The lowest BCUT2D eigenvalue weighted by Gasteiger charge is -2.40. The average Bonchev–Trinajstić information content (AvgIpc) is 2.31. The zero-order valence-corrected chi connectivity index (χ0v) is 13.5. The van der Waals surface area contributed by atoms with Crippen LogP contribution >= 0.6 is 11.6 Å². The van der Waals surface area contributed by atoms with Gasteiger partial charge in [0.2, 0.25) is 5.91 Å². The van der Waals surface area contributed by atoms with Gasteiger partial charge in [-0.2, -0.15) is 0 Å². The second-order valence-corrected chi connectivity index (χ2v) is 6.88. The van der Waals surface area contributed by atoms with E-state index in [2.05, 4.69) is 34.3 Å². The molecule has 0 bridgehead atoms. The number of rotatable bonds is 4. The van der Waals surface area contributed by atoms with Gasteiger partial charge in [-0.3, -0.25) is 4.79 Å². The third kappa shape index (κ3) is 3.62. The number of allylic oxidation sites excluding steroid dienone is 3. The summed E-state index contributed by atoms with van der Waals surface area (Å²) in [5.74, 6) is 0.568. The predicted molar refractivity (Wildman–Crippen MR) is 82.1 cm³/mol. The van der Waals surface area contributed by atoms with Crippen molar-refractivity contribution in [2.45, 2.75) is 52.3 Å². The highest BCUT2D eigenvalue weighted by molar-refractivity contribution is 6.30. The van der Waals surface area contributed by atoms with Crippen molar-refractivity contribution in [1.82, 2.24) is 4.90 Å². The summed E-state index contributed by atoms with van der Waals surface area (Å²) < 4.78 is 0. The molecule has 108 valence electrons. The topological polar surface area (TPSA) is 20.3 Å². The molecule has 0 saturated heterocycles. The minimum atomic E-state index is -0.511. The van der Waals surface area contributed by atoms with Crippen molar-refractivity contribution < 1.29 is 4.79 Å². The van der Waals surface area contributed by atoms with Gasteiger partial charge in [0.15, 0.2) is 0 Å². The van der Waals surface area contributed by atoms with Crippen LogP contribution in [0.3, 0.4) is 0 Å². The second kappa shape index (κ2) is 6.13. The molecule has 2 nitrogen and oxygen atoms in total. The van der Waals surface area contributed by atoms with Crippen LogP contribution in [-0.4, -0.2) is 23.2 Å². The molecule has 0 aromatic heterocycles. The van der Waals surface area contributed by atoms with Crippen LogP contribution in [0, 0.1) is 11.3 Å². The Hall–Kier alpha value is -0.760. The number of carbonyl (C=O) groups is 1. The van der Waals surface area contributed by atoms with Gasteiger partial charge in [0.25, 0.3) is 0 Å². The van der Waals surface area contributed by atoms with E-state index in [1.807, 2.05) is 7.05 Å². The summed E-state index contributed by atoms with van der Waals surface area (Å²) in [5, 5.41) is -0.511. The van der Waals surface area contributed by atoms with E-state index in [9.17, 15) is 4.79 Å². The van der Waals surface area contributed by atoms with Gasteiger partial charge in [-0.05, 0) is 43.1 Å². The van der Waals surface area contributed by atoms with Crippen molar-refractivity contribution >= 4 is 17.5 Å². The first-order chi connectivity index (χ1) is 8.70. The quantitative estimate of drug-likeness (QED) is 0.554. The molecule has 2 atom stereocenters. The molecule has 0 radical (unpaired) electrons. The smallest absolute Gasteiger partial charge is 0.244 e. The molecule has 2 unspecified atom stereocenters. The predicted octanol–water partition coefficient (Wildman–Crippen LogP) is 4.36. The average molecular weight is 284 g/mol. The van der Waals surface area contributed by atoms with Crippen LogP contribution in [-0.2, 0) is 4.79 Å². The van der Waals surface area contributed by atoms with E-state index in [0.717, 1.165) is 12.1 Å². The van der Waals surface area contributed by atoms with Gasteiger partial charge in [-0.1, -0.05) is 26.8 Å². The number of amides is 1. The number of alkyl halides is 1. The fourth-order valence-electron chi connectivity index (χ4n) is 2.95. The maximum Gasteiger partial charge on any atom is 0.244 e. The Morgan fingerprint density at radius 1 is 1.63 bits per heavy atom. The largest absolute Gasteiger partial charge is 0.318 e. The highest BCUT2D eigenvalue weighted by atomic mass is 35.5. The lowest BCUT2D eigenvalue weighted by Crippen LogP contribution is -2.37. The first-order valence-electron chi connectivity index (χ1n) is 6.93. The minimum absolute atomic E-state index is 0.0270. The van der Waals surface area contributed by atoms with Crippen LogP contribution in [0.1, 0.15) is 47.0 Å². The zero-order chi connectivity index (χ0) is 14.8. The van der Waals surface area contributed by atoms with Crippen LogP contribution in [0.4, 0.5) is 0 Å². The molecule has 3 heteroatoms. The Bertz CT molecular complexity index is 398. The molecule has 0 aromatic carbocycles. The van der Waals surface area contributed by atoms with E-state index in [1.165, 1.54) is 12.0 Å². The van der Waals surface area contributed by atoms with E-state index in [-0.39, 0.29) is 11.3 Å². The van der Waals surface area contributed by atoms with E-state index in [0.29, 0.717) is 12.3 Å². The maximum absolute atomic E-state index is 12.3. The first-order valence-corrected chi connectivity index (χ1v) is 7.37. The summed E-state index contributed by atoms with van der Waals surface area (Å²) in [7, 11) is 1.84. The molecule has 0 saturated carbocycles. The molecule has 1 amide bonds. The molecule has 0 aromatic rings. The van der Waals surface area contributed by atoms with E-state index < -0.39 is 5.38 Å². The van der Waals surface area contributed by atoms with Gasteiger partial charge in [-0.25, -0.2) is 0 Å². The highest BCUT2D eigenvalue weighted by Crippen LogP contribution is 2.43. The van der Waals surface area contributed by atoms with Crippen LogP contribution < -0.4 is 0 Å². The molecular weight excluding hydrogens is 258 g/mol. The Labute approximate surface area is 122 Å². The van der Waals surface area contributed by atoms with Gasteiger partial charge in [0, 0.05) is 12.7 Å². The maximum atomic E-state index is 12.3. The summed E-state index contributed by atoms with van der Waals surface area (Å²) in [5.41, 5.74) is 2.61. The van der Waals surface area contributed by atoms with Crippen molar-refractivity contribution in [2.75, 3.05) is 7.05 Å². The third-order valence-electron chi connectivity index (χ3n) is 4.23. The Morgan fingerprint density at radius 3 is 2.74 bits per heavy atom.